The van der Waals surface area contributed by atoms with Crippen LogP contribution in [0.1, 0.15) is 5.56 Å². The summed E-state index contributed by atoms with van der Waals surface area (Å²) in [5.41, 5.74) is 0.808. The molecule has 1 nitrogen and oxygen atoms in total. The van der Waals surface area contributed by atoms with Gasteiger partial charge >= 0.3 is 0 Å². The molecule has 0 unspecified atom stereocenters. The van der Waals surface area contributed by atoms with Crippen molar-refractivity contribution in [3.63, 3.8) is 0 Å². The second kappa shape index (κ2) is 3.00. The maximum atomic E-state index is 12.8. The molecule has 0 radical (unpaired) electrons. The molecule has 0 atom stereocenters. The minimum absolute atomic E-state index is 0.0602. The highest BCUT2D eigenvalue weighted by Crippen LogP contribution is 2.19. The number of hydrogen-bond acceptors (Lipinski definition) is 1. The molecule has 1 rings (SSSR count). The zero-order chi connectivity index (χ0) is 7.72. The average Bonchev–Trinajstić information content (AvgIpc) is 1.93. The Morgan fingerprint density at radius 2 is 2.30 bits per heavy atom. The van der Waals surface area contributed by atoms with Crippen LogP contribution in [0.15, 0.2) is 6.20 Å². The predicted molar refractivity (Wildman–Crippen MR) is 46.7 cm³/mol. The molecule has 0 saturated carbocycles. The molecule has 54 valence electrons. The van der Waals surface area contributed by atoms with Crippen LogP contribution in [-0.2, 0) is 0 Å². The Bertz CT molecular complexity index is 237. The fourth-order valence-corrected chi connectivity index (χ4v) is 1.23. The first-order valence-corrected chi connectivity index (χ1v) is 4.04. The van der Waals surface area contributed by atoms with Crippen molar-refractivity contribution in [3.05, 3.63) is 26.3 Å². The Morgan fingerprint density at radius 1 is 1.70 bits per heavy atom. The van der Waals surface area contributed by atoms with E-state index in [1.165, 1.54) is 0 Å². The summed E-state index contributed by atoms with van der Waals surface area (Å²) >= 11 is 7.29. The number of nitrogens with zero attached hydrogens (tertiary/aromatic N) is 1. The first-order chi connectivity index (χ1) is 4.63. The van der Waals surface area contributed by atoms with E-state index in [1.54, 1.807) is 13.1 Å². The van der Waals surface area contributed by atoms with Crippen molar-refractivity contribution >= 4 is 34.2 Å². The van der Waals surface area contributed by atoms with Crippen molar-refractivity contribution in [2.75, 3.05) is 0 Å². The number of rotatable bonds is 0. The number of aromatic nitrogens is 1. The summed E-state index contributed by atoms with van der Waals surface area (Å²) in [6.45, 7) is 1.79. The van der Waals surface area contributed by atoms with E-state index >= 15 is 0 Å². The van der Waals surface area contributed by atoms with Gasteiger partial charge in [0.15, 0.2) is 11.0 Å². The fourth-order valence-electron chi connectivity index (χ4n) is 0.531. The molecule has 1 heterocycles. The molecule has 0 aliphatic heterocycles. The molecule has 4 heteroatoms. The minimum Gasteiger partial charge on any atom is -0.241 e. The lowest BCUT2D eigenvalue weighted by atomic mass is 10.3. The van der Waals surface area contributed by atoms with Gasteiger partial charge < -0.3 is 0 Å². The molecular formula is C6H4ClFIN. The van der Waals surface area contributed by atoms with E-state index in [0.29, 0.717) is 3.57 Å². The third-order valence-corrected chi connectivity index (χ3v) is 2.68. The Balaban J connectivity index is 3.34. The van der Waals surface area contributed by atoms with Gasteiger partial charge in [-0.2, -0.15) is 0 Å². The molecule has 10 heavy (non-hydrogen) atoms. The van der Waals surface area contributed by atoms with Crippen molar-refractivity contribution in [3.8, 4) is 0 Å². The lowest BCUT2D eigenvalue weighted by molar-refractivity contribution is 0.612. The third kappa shape index (κ3) is 1.40. The molecule has 0 N–H and O–H groups in total. The van der Waals surface area contributed by atoms with Crippen LogP contribution in [0.3, 0.4) is 0 Å². The molecule has 0 saturated heterocycles. The van der Waals surface area contributed by atoms with Crippen molar-refractivity contribution < 1.29 is 4.39 Å². The molecule has 0 amide bonds. The quantitative estimate of drug-likeness (QED) is 0.522. The van der Waals surface area contributed by atoms with Gasteiger partial charge in [-0.1, -0.05) is 11.6 Å². The van der Waals surface area contributed by atoms with Crippen LogP contribution in [-0.4, -0.2) is 4.98 Å². The van der Waals surface area contributed by atoms with E-state index in [1.807, 2.05) is 22.6 Å². The van der Waals surface area contributed by atoms with Gasteiger partial charge in [0, 0.05) is 6.20 Å². The highest BCUT2D eigenvalue weighted by Gasteiger charge is 2.06. The smallest absolute Gasteiger partial charge is 0.174 e. The van der Waals surface area contributed by atoms with Gasteiger partial charge in [0.05, 0.1) is 3.57 Å². The standard InChI is InChI=1S/C6H4ClFIN/c1-3-2-10-6(7)4(8)5(3)9/h2H,1H3. The lowest BCUT2D eigenvalue weighted by Gasteiger charge is -1.98. The number of pyridine rings is 1. The van der Waals surface area contributed by atoms with Crippen LogP contribution in [0.2, 0.25) is 5.15 Å². The van der Waals surface area contributed by atoms with E-state index in [4.69, 9.17) is 11.6 Å². The summed E-state index contributed by atoms with van der Waals surface area (Å²) in [4.78, 5) is 3.62. The largest absolute Gasteiger partial charge is 0.241 e. The van der Waals surface area contributed by atoms with E-state index in [0.717, 1.165) is 5.56 Å². The summed E-state index contributed by atoms with van der Waals surface area (Å²) in [5.74, 6) is -0.428. The van der Waals surface area contributed by atoms with Crippen molar-refractivity contribution in [2.24, 2.45) is 0 Å². The van der Waals surface area contributed by atoms with Crippen molar-refractivity contribution in [2.45, 2.75) is 6.92 Å². The Morgan fingerprint density at radius 3 is 2.80 bits per heavy atom. The summed E-state index contributed by atoms with van der Waals surface area (Å²) in [6.07, 6.45) is 1.55. The molecule has 0 fully saturated rings. The SMILES string of the molecule is Cc1cnc(Cl)c(F)c1I. The van der Waals surface area contributed by atoms with Crippen LogP contribution in [0.4, 0.5) is 4.39 Å². The van der Waals surface area contributed by atoms with Gasteiger partial charge in [-0.3, -0.25) is 0 Å². The molecule has 0 spiro atoms. The highest BCUT2D eigenvalue weighted by atomic mass is 127. The molecule has 1 aromatic heterocycles. The molecule has 1 aromatic rings. The van der Waals surface area contributed by atoms with Gasteiger partial charge in [-0.25, -0.2) is 9.37 Å². The summed E-state index contributed by atoms with van der Waals surface area (Å²) in [5, 5.41) is -0.0602. The summed E-state index contributed by atoms with van der Waals surface area (Å²) in [7, 11) is 0. The lowest BCUT2D eigenvalue weighted by Crippen LogP contribution is -1.90. The summed E-state index contributed by atoms with van der Waals surface area (Å²) < 4.78 is 13.3. The van der Waals surface area contributed by atoms with Gasteiger partial charge in [-0.15, -0.1) is 0 Å². The topological polar surface area (TPSA) is 12.9 Å². The second-order valence-electron chi connectivity index (χ2n) is 1.86. The number of halogens is 3. The zero-order valence-electron chi connectivity index (χ0n) is 5.16. The van der Waals surface area contributed by atoms with Crippen LogP contribution in [0, 0.1) is 16.3 Å². The normalized spacial score (nSPS) is 10.0. The van der Waals surface area contributed by atoms with E-state index < -0.39 is 5.82 Å². The number of hydrogen-bond donors (Lipinski definition) is 0. The maximum Gasteiger partial charge on any atom is 0.174 e. The molecule has 0 aliphatic carbocycles. The number of aryl methyl sites for hydroxylation is 1. The highest BCUT2D eigenvalue weighted by molar-refractivity contribution is 14.1. The van der Waals surface area contributed by atoms with Crippen LogP contribution in [0.25, 0.3) is 0 Å². The van der Waals surface area contributed by atoms with Crippen LogP contribution < -0.4 is 0 Å². The van der Waals surface area contributed by atoms with Crippen LogP contribution >= 0.6 is 34.2 Å². The van der Waals surface area contributed by atoms with Crippen molar-refractivity contribution in [1.82, 2.24) is 4.98 Å². The Hall–Kier alpha value is 0.1000. The van der Waals surface area contributed by atoms with Crippen LogP contribution in [0.5, 0.6) is 0 Å². The predicted octanol–water partition coefficient (Wildman–Crippen LogP) is 2.79. The second-order valence-corrected chi connectivity index (χ2v) is 3.30. The Labute approximate surface area is 76.7 Å². The average molecular weight is 271 g/mol. The summed E-state index contributed by atoms with van der Waals surface area (Å²) in [6, 6.07) is 0. The minimum atomic E-state index is -0.428. The third-order valence-electron chi connectivity index (χ3n) is 1.09. The monoisotopic (exact) mass is 271 g/mol. The van der Waals surface area contributed by atoms with E-state index in [-0.39, 0.29) is 5.15 Å². The molecule has 0 bridgehead atoms. The van der Waals surface area contributed by atoms with Gasteiger partial charge in [0.1, 0.15) is 0 Å². The van der Waals surface area contributed by atoms with Gasteiger partial charge in [0.25, 0.3) is 0 Å². The fraction of sp³-hybridized carbons (Fsp3) is 0.167. The zero-order valence-corrected chi connectivity index (χ0v) is 8.07. The molecular weight excluding hydrogens is 267 g/mol. The van der Waals surface area contributed by atoms with E-state index in [2.05, 4.69) is 4.98 Å². The first kappa shape index (κ1) is 8.20. The molecule has 0 aromatic carbocycles. The van der Waals surface area contributed by atoms with Gasteiger partial charge in [-0.05, 0) is 35.1 Å². The first-order valence-electron chi connectivity index (χ1n) is 2.59. The maximum absolute atomic E-state index is 12.8. The van der Waals surface area contributed by atoms with Gasteiger partial charge in [0.2, 0.25) is 0 Å². The van der Waals surface area contributed by atoms with Crippen molar-refractivity contribution in [1.29, 1.82) is 0 Å². The molecule has 0 aliphatic rings. The Kier molecular flexibility index (Phi) is 2.46. The van der Waals surface area contributed by atoms with E-state index in [9.17, 15) is 4.39 Å².